The highest BCUT2D eigenvalue weighted by molar-refractivity contribution is 6.32. The summed E-state index contributed by atoms with van der Waals surface area (Å²) in [6.07, 6.45) is 3.00. The number of fused-ring (bicyclic) bond motifs is 1. The number of benzene rings is 2. The number of carbonyl (C=O) groups excluding carboxylic acids is 1. The van der Waals surface area contributed by atoms with Gasteiger partial charge in [0, 0.05) is 16.7 Å². The third kappa shape index (κ3) is 4.11. The molecule has 0 fully saturated rings. The van der Waals surface area contributed by atoms with Crippen LogP contribution < -0.4 is 14.8 Å². The van der Waals surface area contributed by atoms with Crippen LogP contribution in [0.15, 0.2) is 47.0 Å². The van der Waals surface area contributed by atoms with Crippen LogP contribution in [0.3, 0.4) is 0 Å². The fourth-order valence-corrected chi connectivity index (χ4v) is 2.92. The SMILES string of the molecule is O=C(/C=C/c1cc(Cl)c2c(c1)OCO2)NCc1nc(-c2ccc(Cl)cc2)no1. The molecule has 0 spiro atoms. The quantitative estimate of drug-likeness (QED) is 0.628. The van der Waals surface area contributed by atoms with Crippen molar-refractivity contribution in [2.45, 2.75) is 6.54 Å². The number of ether oxygens (including phenoxy) is 2. The van der Waals surface area contributed by atoms with E-state index in [4.69, 9.17) is 37.2 Å². The lowest BCUT2D eigenvalue weighted by Crippen LogP contribution is -2.20. The van der Waals surface area contributed by atoms with Gasteiger partial charge in [-0.25, -0.2) is 0 Å². The summed E-state index contributed by atoms with van der Waals surface area (Å²) in [5.41, 5.74) is 1.48. The zero-order valence-electron chi connectivity index (χ0n) is 14.3. The van der Waals surface area contributed by atoms with Crippen LogP contribution in [0.4, 0.5) is 0 Å². The van der Waals surface area contributed by atoms with Crippen LogP contribution in [-0.2, 0) is 11.3 Å². The number of carbonyl (C=O) groups is 1. The van der Waals surface area contributed by atoms with E-state index in [9.17, 15) is 4.79 Å². The second-order valence-corrected chi connectivity index (χ2v) is 6.65. The summed E-state index contributed by atoms with van der Waals surface area (Å²) < 4.78 is 15.7. The predicted octanol–water partition coefficient (Wildman–Crippen LogP) is 4.10. The zero-order valence-corrected chi connectivity index (χ0v) is 15.8. The molecule has 7 nitrogen and oxygen atoms in total. The van der Waals surface area contributed by atoms with Crippen molar-refractivity contribution in [1.29, 1.82) is 0 Å². The van der Waals surface area contributed by atoms with Gasteiger partial charge in [-0.1, -0.05) is 28.4 Å². The minimum absolute atomic E-state index is 0.103. The second kappa shape index (κ2) is 7.92. The minimum Gasteiger partial charge on any atom is -0.454 e. The zero-order chi connectivity index (χ0) is 19.5. The number of nitrogens with one attached hydrogen (secondary N) is 1. The molecule has 0 radical (unpaired) electrons. The van der Waals surface area contributed by atoms with E-state index in [0.717, 1.165) is 5.56 Å². The number of halogens is 2. The van der Waals surface area contributed by atoms with Gasteiger partial charge in [0.25, 0.3) is 0 Å². The summed E-state index contributed by atoms with van der Waals surface area (Å²) in [5, 5.41) is 7.62. The Morgan fingerprint density at radius 3 is 2.82 bits per heavy atom. The molecule has 1 N–H and O–H groups in total. The molecule has 2 aromatic carbocycles. The van der Waals surface area contributed by atoms with Gasteiger partial charge in [-0.3, -0.25) is 4.79 Å². The number of amides is 1. The van der Waals surface area contributed by atoms with Crippen molar-refractivity contribution < 1.29 is 18.8 Å². The van der Waals surface area contributed by atoms with Crippen molar-refractivity contribution in [2.75, 3.05) is 6.79 Å². The monoisotopic (exact) mass is 417 g/mol. The molecule has 0 saturated heterocycles. The van der Waals surface area contributed by atoms with E-state index < -0.39 is 0 Å². The molecule has 0 atom stereocenters. The first-order valence-corrected chi connectivity index (χ1v) is 8.97. The Bertz CT molecular complexity index is 1050. The molecule has 2 heterocycles. The average molecular weight is 418 g/mol. The van der Waals surface area contributed by atoms with E-state index in [1.807, 2.05) is 0 Å². The molecule has 3 aromatic rings. The maximum Gasteiger partial charge on any atom is 0.246 e. The summed E-state index contributed by atoms with van der Waals surface area (Å²) in [7, 11) is 0. The third-order valence-electron chi connectivity index (χ3n) is 3.86. The van der Waals surface area contributed by atoms with Gasteiger partial charge in [-0.15, -0.1) is 0 Å². The molecule has 0 bridgehead atoms. The summed E-state index contributed by atoms with van der Waals surface area (Å²) in [6, 6.07) is 10.5. The first-order valence-electron chi connectivity index (χ1n) is 8.22. The van der Waals surface area contributed by atoms with Crippen LogP contribution in [0.5, 0.6) is 11.5 Å². The van der Waals surface area contributed by atoms with Crippen molar-refractivity contribution >= 4 is 35.2 Å². The Hall–Kier alpha value is -3.03. The molecule has 28 heavy (non-hydrogen) atoms. The van der Waals surface area contributed by atoms with Gasteiger partial charge in [0.05, 0.1) is 11.6 Å². The molecular weight excluding hydrogens is 405 g/mol. The molecule has 142 valence electrons. The smallest absolute Gasteiger partial charge is 0.246 e. The third-order valence-corrected chi connectivity index (χ3v) is 4.39. The first kappa shape index (κ1) is 18.3. The average Bonchev–Trinajstić information content (AvgIpc) is 3.35. The van der Waals surface area contributed by atoms with Gasteiger partial charge in [-0.05, 0) is 48.0 Å². The predicted molar refractivity (Wildman–Crippen MR) is 103 cm³/mol. The maximum atomic E-state index is 12.0. The van der Waals surface area contributed by atoms with Crippen molar-refractivity contribution in [3.63, 3.8) is 0 Å². The van der Waals surface area contributed by atoms with Gasteiger partial charge < -0.3 is 19.3 Å². The standard InChI is InChI=1S/C19H13Cl2N3O4/c20-13-4-2-12(3-5-13)19-23-17(28-24-19)9-22-16(25)6-1-11-7-14(21)18-15(8-11)26-10-27-18/h1-8H,9-10H2,(H,22,25)/b6-1+. The van der Waals surface area contributed by atoms with E-state index in [0.29, 0.717) is 32.9 Å². The Morgan fingerprint density at radius 2 is 2.00 bits per heavy atom. The highest BCUT2D eigenvalue weighted by atomic mass is 35.5. The van der Waals surface area contributed by atoms with Gasteiger partial charge in [-0.2, -0.15) is 4.98 Å². The Balaban J connectivity index is 1.35. The molecule has 0 unspecified atom stereocenters. The van der Waals surface area contributed by atoms with Crippen molar-refractivity contribution in [3.8, 4) is 22.9 Å². The van der Waals surface area contributed by atoms with E-state index >= 15 is 0 Å². The lowest BCUT2D eigenvalue weighted by Gasteiger charge is -2.01. The van der Waals surface area contributed by atoms with Crippen LogP contribution in [0.1, 0.15) is 11.5 Å². The molecule has 1 amide bonds. The van der Waals surface area contributed by atoms with Crippen LogP contribution >= 0.6 is 23.2 Å². The van der Waals surface area contributed by atoms with E-state index in [2.05, 4.69) is 15.5 Å². The lowest BCUT2D eigenvalue weighted by atomic mass is 10.2. The number of aromatic nitrogens is 2. The van der Waals surface area contributed by atoms with E-state index in [-0.39, 0.29) is 25.1 Å². The number of hydrogen-bond donors (Lipinski definition) is 1. The van der Waals surface area contributed by atoms with Gasteiger partial charge >= 0.3 is 0 Å². The summed E-state index contributed by atoms with van der Waals surface area (Å²) in [6.45, 7) is 0.233. The highest BCUT2D eigenvalue weighted by Gasteiger charge is 2.17. The van der Waals surface area contributed by atoms with Crippen molar-refractivity contribution in [2.24, 2.45) is 0 Å². The van der Waals surface area contributed by atoms with Crippen LogP contribution in [0.2, 0.25) is 10.0 Å². The molecule has 9 heteroatoms. The summed E-state index contributed by atoms with van der Waals surface area (Å²) in [5.74, 6) is 1.45. The Morgan fingerprint density at radius 1 is 1.18 bits per heavy atom. The van der Waals surface area contributed by atoms with Gasteiger partial charge in [0.1, 0.15) is 0 Å². The van der Waals surface area contributed by atoms with E-state index in [1.165, 1.54) is 6.08 Å². The van der Waals surface area contributed by atoms with Gasteiger partial charge in [0.15, 0.2) is 11.5 Å². The fourth-order valence-electron chi connectivity index (χ4n) is 2.52. The molecule has 4 rings (SSSR count). The molecular formula is C19H13Cl2N3O4. The largest absolute Gasteiger partial charge is 0.454 e. The molecule has 0 saturated carbocycles. The molecule has 1 aromatic heterocycles. The van der Waals surface area contributed by atoms with Crippen molar-refractivity contribution in [3.05, 3.63) is 64.0 Å². The van der Waals surface area contributed by atoms with Crippen LogP contribution in [0, 0.1) is 0 Å². The molecule has 1 aliphatic rings. The molecule has 1 aliphatic heterocycles. The lowest BCUT2D eigenvalue weighted by molar-refractivity contribution is -0.116. The minimum atomic E-state index is -0.319. The fraction of sp³-hybridized carbons (Fsp3) is 0.105. The Labute approximate surface area is 169 Å². The maximum absolute atomic E-state index is 12.0. The number of hydrogen-bond acceptors (Lipinski definition) is 6. The van der Waals surface area contributed by atoms with Gasteiger partial charge in [0.2, 0.25) is 24.4 Å². The summed E-state index contributed by atoms with van der Waals surface area (Å²) >= 11 is 12.0. The van der Waals surface area contributed by atoms with E-state index in [1.54, 1.807) is 42.5 Å². The topological polar surface area (TPSA) is 86.5 Å². The second-order valence-electron chi connectivity index (χ2n) is 5.81. The summed E-state index contributed by atoms with van der Waals surface area (Å²) in [4.78, 5) is 16.3. The number of nitrogens with zero attached hydrogens (tertiary/aromatic N) is 2. The van der Waals surface area contributed by atoms with Crippen molar-refractivity contribution in [1.82, 2.24) is 15.5 Å². The Kier molecular flexibility index (Phi) is 5.18. The normalized spacial score (nSPS) is 12.5. The number of rotatable bonds is 5. The first-order chi connectivity index (χ1) is 13.6. The van der Waals surface area contributed by atoms with Crippen LogP contribution in [-0.4, -0.2) is 22.8 Å². The molecule has 0 aliphatic carbocycles. The highest BCUT2D eigenvalue weighted by Crippen LogP contribution is 2.40. The van der Waals surface area contributed by atoms with Crippen LogP contribution in [0.25, 0.3) is 17.5 Å².